The molecule has 0 aliphatic heterocycles. The lowest BCUT2D eigenvalue weighted by atomic mass is 10.0. The van der Waals surface area contributed by atoms with E-state index in [0.29, 0.717) is 6.42 Å². The summed E-state index contributed by atoms with van der Waals surface area (Å²) in [5.41, 5.74) is 3.38. The summed E-state index contributed by atoms with van der Waals surface area (Å²) in [4.78, 5) is 17.9. The number of rotatable bonds is 3. The van der Waals surface area contributed by atoms with Gasteiger partial charge in [0.2, 0.25) is 0 Å². The molecule has 0 spiro atoms. The average Bonchev–Trinajstić information content (AvgIpc) is 2.97. The molecule has 1 amide bonds. The molecule has 4 rings (SSSR count). The van der Waals surface area contributed by atoms with Gasteiger partial charge in [0.1, 0.15) is 0 Å². The molecule has 0 N–H and O–H groups in total. The summed E-state index contributed by atoms with van der Waals surface area (Å²) >= 11 is 1.58. The maximum atomic E-state index is 12.7. The molecule has 1 aromatic heterocycles. The van der Waals surface area contributed by atoms with Gasteiger partial charge in [-0.05, 0) is 47.9 Å². The Hall–Kier alpha value is -2.72. The summed E-state index contributed by atoms with van der Waals surface area (Å²) < 4.78 is 3.28. The second kappa shape index (κ2) is 6.89. The third-order valence-electron chi connectivity index (χ3n) is 4.60. The van der Waals surface area contributed by atoms with Crippen molar-refractivity contribution < 1.29 is 4.79 Å². The van der Waals surface area contributed by atoms with Gasteiger partial charge in [-0.1, -0.05) is 59.9 Å². The second-order valence-corrected chi connectivity index (χ2v) is 7.43. The zero-order valence-electron chi connectivity index (χ0n) is 14.9. The van der Waals surface area contributed by atoms with E-state index >= 15 is 0 Å². The molecule has 1 heterocycles. The minimum atomic E-state index is -0.105. The van der Waals surface area contributed by atoms with Gasteiger partial charge >= 0.3 is 0 Å². The van der Waals surface area contributed by atoms with Crippen LogP contribution >= 0.6 is 11.3 Å². The largest absolute Gasteiger partial charge is 0.317 e. The summed E-state index contributed by atoms with van der Waals surface area (Å²) in [7, 11) is 0. The molecular formula is C22H20N2OS. The summed E-state index contributed by atoms with van der Waals surface area (Å²) in [6.45, 7) is 4.96. The number of amides is 1. The monoisotopic (exact) mass is 360 g/mol. The van der Waals surface area contributed by atoms with Crippen molar-refractivity contribution in [3.8, 4) is 0 Å². The number of carbonyl (C=O) groups is 1. The van der Waals surface area contributed by atoms with Crippen LogP contribution < -0.4 is 4.80 Å². The first-order valence-electron chi connectivity index (χ1n) is 8.80. The van der Waals surface area contributed by atoms with E-state index in [0.717, 1.165) is 33.2 Å². The molecule has 0 aliphatic rings. The molecule has 3 aromatic carbocycles. The van der Waals surface area contributed by atoms with Gasteiger partial charge in [-0.15, -0.1) is 0 Å². The zero-order valence-corrected chi connectivity index (χ0v) is 15.7. The number of nitrogens with zero attached hydrogens (tertiary/aromatic N) is 2. The Morgan fingerprint density at radius 2 is 1.88 bits per heavy atom. The summed E-state index contributed by atoms with van der Waals surface area (Å²) in [6, 6.07) is 20.6. The van der Waals surface area contributed by atoms with Crippen molar-refractivity contribution in [3.63, 3.8) is 0 Å². The van der Waals surface area contributed by atoms with E-state index in [2.05, 4.69) is 59.8 Å². The lowest BCUT2D eigenvalue weighted by Gasteiger charge is -2.04. The number of hydrogen-bond acceptors (Lipinski definition) is 2. The summed E-state index contributed by atoms with van der Waals surface area (Å²) in [5, 5.41) is 2.27. The number of carbonyl (C=O) groups excluding carboxylic acids is 1. The number of fused-ring (bicyclic) bond motifs is 2. The molecule has 0 saturated heterocycles. The van der Waals surface area contributed by atoms with Gasteiger partial charge in [0, 0.05) is 6.54 Å². The molecule has 0 unspecified atom stereocenters. The fraction of sp³-hybridized carbons (Fsp3) is 0.182. The van der Waals surface area contributed by atoms with Crippen LogP contribution in [0.3, 0.4) is 0 Å². The van der Waals surface area contributed by atoms with Gasteiger partial charge in [0.25, 0.3) is 5.91 Å². The predicted octanol–water partition coefficient (Wildman–Crippen LogP) is 4.85. The standard InChI is InChI=1S/C22H20N2OS/c1-3-24-19-12-11-15(2)13-20(19)26-22(24)23-21(25)14-17-9-6-8-16-7-4-5-10-18(16)17/h4-13H,3,14H2,1-2H3. The number of thiazole rings is 1. The van der Waals surface area contributed by atoms with Gasteiger partial charge in [0.15, 0.2) is 4.80 Å². The van der Waals surface area contributed by atoms with Crippen LogP contribution in [-0.2, 0) is 17.8 Å². The van der Waals surface area contributed by atoms with Crippen molar-refractivity contribution in [2.24, 2.45) is 4.99 Å². The Bertz CT molecular complexity index is 1180. The van der Waals surface area contributed by atoms with Crippen LogP contribution in [0.4, 0.5) is 0 Å². The van der Waals surface area contributed by atoms with Crippen LogP contribution in [0.2, 0.25) is 0 Å². The Balaban J connectivity index is 1.74. The van der Waals surface area contributed by atoms with Gasteiger partial charge in [-0.2, -0.15) is 4.99 Å². The first-order chi connectivity index (χ1) is 12.7. The van der Waals surface area contributed by atoms with Crippen molar-refractivity contribution in [2.75, 3.05) is 0 Å². The third-order valence-corrected chi connectivity index (χ3v) is 5.64. The molecule has 3 nitrogen and oxygen atoms in total. The molecule has 0 bridgehead atoms. The van der Waals surface area contributed by atoms with Crippen molar-refractivity contribution in [1.82, 2.24) is 4.57 Å². The van der Waals surface area contributed by atoms with Gasteiger partial charge in [-0.3, -0.25) is 4.79 Å². The molecule has 26 heavy (non-hydrogen) atoms. The van der Waals surface area contributed by atoms with E-state index in [-0.39, 0.29) is 5.91 Å². The van der Waals surface area contributed by atoms with E-state index < -0.39 is 0 Å². The van der Waals surface area contributed by atoms with Gasteiger partial charge < -0.3 is 4.57 Å². The Morgan fingerprint density at radius 3 is 2.73 bits per heavy atom. The quantitative estimate of drug-likeness (QED) is 0.514. The van der Waals surface area contributed by atoms with Crippen LogP contribution in [0, 0.1) is 6.92 Å². The van der Waals surface area contributed by atoms with Crippen LogP contribution in [0.1, 0.15) is 18.1 Å². The minimum Gasteiger partial charge on any atom is -0.317 e. The highest BCUT2D eigenvalue weighted by molar-refractivity contribution is 7.16. The topological polar surface area (TPSA) is 34.4 Å². The van der Waals surface area contributed by atoms with Crippen LogP contribution in [0.25, 0.3) is 21.0 Å². The molecule has 0 aliphatic carbocycles. The van der Waals surface area contributed by atoms with Crippen LogP contribution in [-0.4, -0.2) is 10.5 Å². The third kappa shape index (κ3) is 3.08. The molecule has 4 heteroatoms. The van der Waals surface area contributed by atoms with Gasteiger partial charge in [-0.25, -0.2) is 0 Å². The maximum Gasteiger partial charge on any atom is 0.252 e. The van der Waals surface area contributed by atoms with Crippen LogP contribution in [0.5, 0.6) is 0 Å². The Labute approximate surface area is 156 Å². The van der Waals surface area contributed by atoms with E-state index in [9.17, 15) is 4.79 Å². The highest BCUT2D eigenvalue weighted by Gasteiger charge is 2.09. The SMILES string of the molecule is CCn1c(=NC(=O)Cc2cccc3ccccc23)sc2cc(C)ccc21. The van der Waals surface area contributed by atoms with Crippen molar-refractivity contribution in [2.45, 2.75) is 26.8 Å². The fourth-order valence-corrected chi connectivity index (χ4v) is 4.54. The Morgan fingerprint density at radius 1 is 1.08 bits per heavy atom. The number of hydrogen-bond donors (Lipinski definition) is 0. The molecule has 0 saturated carbocycles. The fourth-order valence-electron chi connectivity index (χ4n) is 3.33. The lowest BCUT2D eigenvalue weighted by molar-refractivity contribution is -0.117. The van der Waals surface area contributed by atoms with Crippen LogP contribution in [0.15, 0.2) is 65.7 Å². The average molecular weight is 360 g/mol. The van der Waals surface area contributed by atoms with E-state index in [1.165, 1.54) is 10.3 Å². The summed E-state index contributed by atoms with van der Waals surface area (Å²) in [6.07, 6.45) is 0.318. The van der Waals surface area contributed by atoms with Crippen molar-refractivity contribution >= 4 is 38.2 Å². The molecule has 4 aromatic rings. The first-order valence-corrected chi connectivity index (χ1v) is 9.61. The number of benzene rings is 3. The lowest BCUT2D eigenvalue weighted by Crippen LogP contribution is -2.16. The molecule has 0 fully saturated rings. The Kier molecular flexibility index (Phi) is 4.43. The highest BCUT2D eigenvalue weighted by atomic mass is 32.1. The number of aryl methyl sites for hydroxylation is 2. The maximum absolute atomic E-state index is 12.7. The number of aromatic nitrogens is 1. The predicted molar refractivity (Wildman–Crippen MR) is 108 cm³/mol. The summed E-state index contributed by atoms with van der Waals surface area (Å²) in [5.74, 6) is -0.105. The highest BCUT2D eigenvalue weighted by Crippen LogP contribution is 2.20. The molecule has 0 radical (unpaired) electrons. The van der Waals surface area contributed by atoms with Crippen molar-refractivity contribution in [1.29, 1.82) is 0 Å². The second-order valence-electron chi connectivity index (χ2n) is 6.42. The molecule has 0 atom stereocenters. The molecule has 130 valence electrons. The van der Waals surface area contributed by atoms with Crippen molar-refractivity contribution in [3.05, 3.63) is 76.6 Å². The smallest absolute Gasteiger partial charge is 0.252 e. The zero-order chi connectivity index (χ0) is 18.1. The van der Waals surface area contributed by atoms with E-state index in [1.54, 1.807) is 11.3 Å². The van der Waals surface area contributed by atoms with Gasteiger partial charge in [0.05, 0.1) is 16.6 Å². The molecular weight excluding hydrogens is 340 g/mol. The van der Waals surface area contributed by atoms with E-state index in [4.69, 9.17) is 0 Å². The minimum absolute atomic E-state index is 0.105. The first kappa shape index (κ1) is 16.7. The normalized spacial score (nSPS) is 12.2. The van der Waals surface area contributed by atoms with E-state index in [1.807, 2.05) is 24.3 Å².